The molecule has 2 saturated heterocycles. The van der Waals surface area contributed by atoms with E-state index in [0.717, 1.165) is 44.6 Å². The number of hydrogen-bond donors (Lipinski definition) is 0. The smallest absolute Gasteiger partial charge is 0.378 e. The zero-order chi connectivity index (χ0) is 20.1. The molecule has 4 heterocycles. The van der Waals surface area contributed by atoms with Crippen molar-refractivity contribution < 1.29 is 17.9 Å². The number of hydrogen-bond acceptors (Lipinski definition) is 4. The van der Waals surface area contributed by atoms with Crippen molar-refractivity contribution in [1.82, 2.24) is 19.4 Å². The first-order valence-electron chi connectivity index (χ1n) is 9.69. The molecule has 0 N–H and O–H groups in total. The molecule has 1 atom stereocenters. The van der Waals surface area contributed by atoms with E-state index < -0.39 is 11.7 Å². The summed E-state index contributed by atoms with van der Waals surface area (Å²) in [7, 11) is 0. The van der Waals surface area contributed by atoms with Gasteiger partial charge in [0.1, 0.15) is 5.82 Å². The van der Waals surface area contributed by atoms with Gasteiger partial charge in [-0.05, 0) is 19.4 Å². The van der Waals surface area contributed by atoms with Gasteiger partial charge in [-0.2, -0.15) is 13.2 Å². The lowest BCUT2D eigenvalue weighted by Gasteiger charge is -2.34. The first-order chi connectivity index (χ1) is 13.2. The number of aryl methyl sites for hydroxylation is 1. The Morgan fingerprint density at radius 1 is 1.21 bits per heavy atom. The number of halogens is 3. The molecule has 4 rings (SSSR count). The van der Waals surface area contributed by atoms with Crippen molar-refractivity contribution >= 4 is 0 Å². The molecule has 0 saturated carbocycles. The molecule has 0 aromatic carbocycles. The van der Waals surface area contributed by atoms with E-state index >= 15 is 0 Å². The number of ether oxygens (including phenoxy) is 1. The fraction of sp³-hybridized carbons (Fsp3) is 0.600. The van der Waals surface area contributed by atoms with Crippen molar-refractivity contribution in [2.75, 3.05) is 26.3 Å². The van der Waals surface area contributed by atoms with E-state index in [0.29, 0.717) is 17.3 Å². The van der Waals surface area contributed by atoms with E-state index in [2.05, 4.69) is 28.3 Å². The Hall–Kier alpha value is -1.93. The minimum atomic E-state index is -4.42. The van der Waals surface area contributed by atoms with Crippen LogP contribution in [-0.2, 0) is 10.9 Å². The van der Waals surface area contributed by atoms with E-state index in [4.69, 9.17) is 9.72 Å². The van der Waals surface area contributed by atoms with Crippen LogP contribution in [0.15, 0.2) is 18.5 Å². The second kappa shape index (κ2) is 7.15. The average Bonchev–Trinajstić information content (AvgIpc) is 3.19. The molecule has 0 amide bonds. The highest BCUT2D eigenvalue weighted by molar-refractivity contribution is 5.59. The fourth-order valence-corrected chi connectivity index (χ4v) is 3.99. The maximum atomic E-state index is 13.3. The van der Waals surface area contributed by atoms with Crippen LogP contribution in [0.25, 0.3) is 11.3 Å². The van der Waals surface area contributed by atoms with Crippen LogP contribution in [0.3, 0.4) is 0 Å². The van der Waals surface area contributed by atoms with Crippen molar-refractivity contribution in [2.45, 2.75) is 51.4 Å². The first-order valence-corrected chi connectivity index (χ1v) is 9.69. The van der Waals surface area contributed by atoms with Gasteiger partial charge in [0, 0.05) is 48.7 Å². The Labute approximate surface area is 162 Å². The van der Waals surface area contributed by atoms with Crippen molar-refractivity contribution in [3.63, 3.8) is 0 Å². The predicted octanol–water partition coefficient (Wildman–Crippen LogP) is 4.04. The van der Waals surface area contributed by atoms with Gasteiger partial charge in [0.2, 0.25) is 0 Å². The molecule has 0 spiro atoms. The van der Waals surface area contributed by atoms with Gasteiger partial charge in [-0.3, -0.25) is 9.88 Å². The first kappa shape index (κ1) is 19.4. The van der Waals surface area contributed by atoms with Crippen LogP contribution < -0.4 is 0 Å². The molecule has 0 bridgehead atoms. The van der Waals surface area contributed by atoms with Gasteiger partial charge in [0.15, 0.2) is 0 Å². The highest BCUT2D eigenvalue weighted by Gasteiger charge is 2.35. The van der Waals surface area contributed by atoms with Gasteiger partial charge in [-0.25, -0.2) is 4.98 Å². The number of imidazole rings is 1. The number of aromatic nitrogens is 3. The number of rotatable bonds is 4. The van der Waals surface area contributed by atoms with Crippen molar-refractivity contribution in [1.29, 1.82) is 0 Å². The number of pyridine rings is 1. The lowest BCUT2D eigenvalue weighted by atomic mass is 10.1. The Kier molecular flexibility index (Phi) is 4.95. The Bertz CT molecular complexity index is 858. The second-order valence-corrected chi connectivity index (χ2v) is 8.03. The minimum absolute atomic E-state index is 0.0195. The van der Waals surface area contributed by atoms with E-state index in [-0.39, 0.29) is 17.7 Å². The molecule has 2 aliphatic heterocycles. The summed E-state index contributed by atoms with van der Waals surface area (Å²) in [5.74, 6) is 1.08. The summed E-state index contributed by atoms with van der Waals surface area (Å²) in [6.45, 7) is 9.00. The summed E-state index contributed by atoms with van der Waals surface area (Å²) in [5.41, 5.74) is 0.226. The molecule has 2 fully saturated rings. The van der Waals surface area contributed by atoms with Crippen molar-refractivity contribution in [3.8, 4) is 11.3 Å². The SMILES string of the molecule is Cc1ncc(-c2cn(C3CCN(C4COC4)C3)c(C(C)C)n2)cc1C(F)(F)F. The molecule has 2 aromatic heterocycles. The highest BCUT2D eigenvalue weighted by atomic mass is 19.4. The van der Waals surface area contributed by atoms with Crippen molar-refractivity contribution in [2.24, 2.45) is 0 Å². The molecule has 2 aliphatic rings. The lowest BCUT2D eigenvalue weighted by Crippen LogP contribution is -2.47. The maximum absolute atomic E-state index is 13.3. The van der Waals surface area contributed by atoms with Gasteiger partial charge < -0.3 is 9.30 Å². The summed E-state index contributed by atoms with van der Waals surface area (Å²) in [6.07, 6.45) is -0.0411. The van der Waals surface area contributed by atoms with Crippen LogP contribution >= 0.6 is 0 Å². The quantitative estimate of drug-likeness (QED) is 0.785. The zero-order valence-electron chi connectivity index (χ0n) is 16.3. The normalized spacial score (nSPS) is 21.5. The van der Waals surface area contributed by atoms with Crippen LogP contribution in [0.1, 0.15) is 49.3 Å². The van der Waals surface area contributed by atoms with E-state index in [1.165, 1.54) is 13.1 Å². The predicted molar refractivity (Wildman–Crippen MR) is 99.1 cm³/mol. The minimum Gasteiger partial charge on any atom is -0.378 e. The molecule has 0 radical (unpaired) electrons. The molecular weight excluding hydrogens is 369 g/mol. The van der Waals surface area contributed by atoms with E-state index in [9.17, 15) is 13.2 Å². The topological polar surface area (TPSA) is 43.2 Å². The third-order valence-electron chi connectivity index (χ3n) is 5.69. The molecule has 1 unspecified atom stereocenters. The summed E-state index contributed by atoms with van der Waals surface area (Å²) in [6, 6.07) is 1.93. The molecule has 8 heteroatoms. The molecule has 2 aromatic rings. The highest BCUT2D eigenvalue weighted by Crippen LogP contribution is 2.35. The largest absolute Gasteiger partial charge is 0.418 e. The third-order valence-corrected chi connectivity index (χ3v) is 5.69. The zero-order valence-corrected chi connectivity index (χ0v) is 16.3. The number of alkyl halides is 3. The van der Waals surface area contributed by atoms with Crippen LogP contribution in [0.5, 0.6) is 0 Å². The standard InChI is InChI=1S/C20H25F3N4O/c1-12(2)19-25-18(14-6-17(20(21,22)23)13(3)24-7-14)9-27(19)15-4-5-26(8-15)16-10-28-11-16/h6-7,9,12,15-16H,4-5,8,10-11H2,1-3H3. The van der Waals surface area contributed by atoms with Gasteiger partial charge in [0.25, 0.3) is 0 Å². The van der Waals surface area contributed by atoms with Crippen LogP contribution in [0.4, 0.5) is 13.2 Å². The van der Waals surface area contributed by atoms with Crippen molar-refractivity contribution in [3.05, 3.63) is 35.5 Å². The average molecular weight is 394 g/mol. The summed E-state index contributed by atoms with van der Waals surface area (Å²) in [4.78, 5) is 11.1. The summed E-state index contributed by atoms with van der Waals surface area (Å²) in [5, 5.41) is 0. The second-order valence-electron chi connectivity index (χ2n) is 8.03. The molecule has 28 heavy (non-hydrogen) atoms. The van der Waals surface area contributed by atoms with Crippen LogP contribution in [-0.4, -0.2) is 51.8 Å². The maximum Gasteiger partial charge on any atom is 0.418 e. The third kappa shape index (κ3) is 3.55. The molecule has 152 valence electrons. The summed E-state index contributed by atoms with van der Waals surface area (Å²) >= 11 is 0. The van der Waals surface area contributed by atoms with Crippen LogP contribution in [0.2, 0.25) is 0 Å². The molecule has 0 aliphatic carbocycles. The van der Waals surface area contributed by atoms with Gasteiger partial charge in [-0.1, -0.05) is 13.8 Å². The monoisotopic (exact) mass is 394 g/mol. The summed E-state index contributed by atoms with van der Waals surface area (Å²) < 4.78 is 47.3. The van der Waals surface area contributed by atoms with Gasteiger partial charge in [-0.15, -0.1) is 0 Å². The number of likely N-dealkylation sites (tertiary alicyclic amines) is 1. The Morgan fingerprint density at radius 2 is 1.96 bits per heavy atom. The van der Waals surface area contributed by atoms with Gasteiger partial charge >= 0.3 is 6.18 Å². The molecular formula is C20H25F3N4O. The lowest BCUT2D eigenvalue weighted by molar-refractivity contribution is -0.138. The molecule has 5 nitrogen and oxygen atoms in total. The fourth-order valence-electron chi connectivity index (χ4n) is 3.99. The number of nitrogens with zero attached hydrogens (tertiary/aromatic N) is 4. The van der Waals surface area contributed by atoms with Gasteiger partial charge in [0.05, 0.1) is 30.5 Å². The Balaban J connectivity index is 1.66. The van der Waals surface area contributed by atoms with Crippen LogP contribution in [0, 0.1) is 6.92 Å². The van der Waals surface area contributed by atoms with E-state index in [1.54, 1.807) is 0 Å². The van der Waals surface area contributed by atoms with E-state index in [1.807, 2.05) is 6.20 Å². The Morgan fingerprint density at radius 3 is 2.57 bits per heavy atom.